The summed E-state index contributed by atoms with van der Waals surface area (Å²) in [4.78, 5) is 14.5. The highest BCUT2D eigenvalue weighted by atomic mass is 16.2. The van der Waals surface area contributed by atoms with Crippen LogP contribution < -0.4 is 5.32 Å². The van der Waals surface area contributed by atoms with Crippen LogP contribution in [0.4, 0.5) is 0 Å². The quantitative estimate of drug-likeness (QED) is 0.892. The number of aryl methyl sites for hydroxylation is 2. The maximum atomic E-state index is 12.6. The van der Waals surface area contributed by atoms with Gasteiger partial charge in [0, 0.05) is 26.3 Å². The van der Waals surface area contributed by atoms with Gasteiger partial charge in [-0.25, -0.2) is 0 Å². The van der Waals surface area contributed by atoms with Crippen LogP contribution in [0.15, 0.2) is 6.20 Å². The van der Waals surface area contributed by atoms with Crippen molar-refractivity contribution in [1.82, 2.24) is 20.0 Å². The standard InChI is InChI=1S/C14H24N4O/c1-4-13-12(10-17(2)16-13)14(19)18(3)11-6-5-8-15-9-7-11/h10-11,15H,4-9H2,1-3H3. The topological polar surface area (TPSA) is 50.2 Å². The Labute approximate surface area is 115 Å². The molecular formula is C14H24N4O. The molecule has 1 aromatic heterocycles. The molecule has 0 spiro atoms. The van der Waals surface area contributed by atoms with E-state index in [2.05, 4.69) is 10.4 Å². The molecule has 1 N–H and O–H groups in total. The fourth-order valence-electron chi connectivity index (χ4n) is 2.72. The zero-order valence-corrected chi connectivity index (χ0v) is 12.1. The first-order valence-electron chi connectivity index (χ1n) is 7.14. The maximum absolute atomic E-state index is 12.6. The number of carbonyl (C=O) groups excluding carboxylic acids is 1. The minimum absolute atomic E-state index is 0.108. The van der Waals surface area contributed by atoms with E-state index in [9.17, 15) is 4.79 Å². The van der Waals surface area contributed by atoms with Crippen molar-refractivity contribution < 1.29 is 4.79 Å². The van der Waals surface area contributed by atoms with Crippen molar-refractivity contribution in [1.29, 1.82) is 0 Å². The molecule has 19 heavy (non-hydrogen) atoms. The number of hydrogen-bond acceptors (Lipinski definition) is 3. The molecule has 0 radical (unpaired) electrons. The lowest BCUT2D eigenvalue weighted by Gasteiger charge is -2.27. The van der Waals surface area contributed by atoms with Gasteiger partial charge in [-0.1, -0.05) is 6.92 Å². The highest BCUT2D eigenvalue weighted by Crippen LogP contribution is 2.17. The number of nitrogens with zero attached hydrogens (tertiary/aromatic N) is 3. The molecule has 1 saturated heterocycles. The molecule has 0 aliphatic carbocycles. The van der Waals surface area contributed by atoms with Gasteiger partial charge in [-0.2, -0.15) is 5.10 Å². The predicted molar refractivity (Wildman–Crippen MR) is 75.2 cm³/mol. The maximum Gasteiger partial charge on any atom is 0.257 e. The molecule has 1 unspecified atom stereocenters. The highest BCUT2D eigenvalue weighted by molar-refractivity contribution is 5.95. The second-order valence-electron chi connectivity index (χ2n) is 5.27. The number of amides is 1. The first-order chi connectivity index (χ1) is 9.13. The Morgan fingerprint density at radius 3 is 3.05 bits per heavy atom. The van der Waals surface area contributed by atoms with Crippen LogP contribution in [0, 0.1) is 0 Å². The second-order valence-corrected chi connectivity index (χ2v) is 5.27. The van der Waals surface area contributed by atoms with Crippen LogP contribution in [-0.2, 0) is 13.5 Å². The molecule has 5 heteroatoms. The van der Waals surface area contributed by atoms with E-state index in [0.29, 0.717) is 6.04 Å². The molecule has 1 fully saturated rings. The van der Waals surface area contributed by atoms with Crippen molar-refractivity contribution in [2.24, 2.45) is 7.05 Å². The zero-order valence-electron chi connectivity index (χ0n) is 12.1. The van der Waals surface area contributed by atoms with E-state index in [1.165, 1.54) is 0 Å². The number of nitrogens with one attached hydrogen (secondary N) is 1. The Morgan fingerprint density at radius 1 is 1.53 bits per heavy atom. The minimum atomic E-state index is 0.108. The Kier molecular flexibility index (Phi) is 4.58. The lowest BCUT2D eigenvalue weighted by Crippen LogP contribution is -2.37. The van der Waals surface area contributed by atoms with Gasteiger partial charge in [-0.15, -0.1) is 0 Å². The lowest BCUT2D eigenvalue weighted by molar-refractivity contribution is 0.0719. The van der Waals surface area contributed by atoms with Crippen molar-refractivity contribution in [3.8, 4) is 0 Å². The van der Waals surface area contributed by atoms with Crippen LogP contribution in [-0.4, -0.2) is 46.8 Å². The molecule has 0 bridgehead atoms. The Hall–Kier alpha value is -1.36. The number of carbonyl (C=O) groups is 1. The summed E-state index contributed by atoms with van der Waals surface area (Å²) >= 11 is 0. The fraction of sp³-hybridized carbons (Fsp3) is 0.714. The summed E-state index contributed by atoms with van der Waals surface area (Å²) in [5.41, 5.74) is 1.65. The van der Waals surface area contributed by atoms with Gasteiger partial charge >= 0.3 is 0 Å². The highest BCUT2D eigenvalue weighted by Gasteiger charge is 2.24. The summed E-state index contributed by atoms with van der Waals surface area (Å²) in [6, 6.07) is 0.340. The van der Waals surface area contributed by atoms with E-state index in [1.807, 2.05) is 32.1 Å². The second kappa shape index (κ2) is 6.19. The van der Waals surface area contributed by atoms with Crippen LogP contribution in [0.25, 0.3) is 0 Å². The Morgan fingerprint density at radius 2 is 2.32 bits per heavy atom. The predicted octanol–water partition coefficient (Wildman–Crippen LogP) is 1.20. The van der Waals surface area contributed by atoms with E-state index >= 15 is 0 Å². The third-order valence-corrected chi connectivity index (χ3v) is 3.88. The average Bonchev–Trinajstić information content (AvgIpc) is 2.63. The van der Waals surface area contributed by atoms with Crippen LogP contribution in [0.5, 0.6) is 0 Å². The van der Waals surface area contributed by atoms with Gasteiger partial charge in [0.25, 0.3) is 5.91 Å². The largest absolute Gasteiger partial charge is 0.339 e. The number of rotatable bonds is 3. The molecule has 1 aromatic rings. The molecule has 5 nitrogen and oxygen atoms in total. The summed E-state index contributed by atoms with van der Waals surface area (Å²) < 4.78 is 1.73. The van der Waals surface area contributed by atoms with E-state index in [4.69, 9.17) is 0 Å². The van der Waals surface area contributed by atoms with Crippen LogP contribution in [0.1, 0.15) is 42.2 Å². The van der Waals surface area contributed by atoms with Gasteiger partial charge < -0.3 is 10.2 Å². The Bertz CT molecular complexity index is 433. The first kappa shape index (κ1) is 14.1. The molecule has 2 heterocycles. The summed E-state index contributed by atoms with van der Waals surface area (Å²) in [5.74, 6) is 0.108. The molecule has 1 aliphatic rings. The van der Waals surface area contributed by atoms with Gasteiger partial charge in [0.05, 0.1) is 11.3 Å². The molecular weight excluding hydrogens is 240 g/mol. The SMILES string of the molecule is CCc1nn(C)cc1C(=O)N(C)C1CCCNCC1. The number of aromatic nitrogens is 2. The van der Waals surface area contributed by atoms with Crippen LogP contribution in [0.2, 0.25) is 0 Å². The van der Waals surface area contributed by atoms with E-state index in [1.54, 1.807) is 4.68 Å². The fourth-order valence-corrected chi connectivity index (χ4v) is 2.72. The zero-order chi connectivity index (χ0) is 13.8. The third kappa shape index (κ3) is 3.15. The molecule has 1 aliphatic heterocycles. The normalized spacial score (nSPS) is 20.1. The van der Waals surface area contributed by atoms with E-state index < -0.39 is 0 Å². The van der Waals surface area contributed by atoms with Gasteiger partial charge in [-0.05, 0) is 38.8 Å². The molecule has 0 aromatic carbocycles. The number of hydrogen-bond donors (Lipinski definition) is 1. The van der Waals surface area contributed by atoms with Gasteiger partial charge in [0.2, 0.25) is 0 Å². The van der Waals surface area contributed by atoms with Crippen molar-refractivity contribution in [3.63, 3.8) is 0 Å². The van der Waals surface area contributed by atoms with E-state index in [-0.39, 0.29) is 5.91 Å². The van der Waals surface area contributed by atoms with Crippen molar-refractivity contribution in [2.75, 3.05) is 20.1 Å². The molecule has 1 atom stereocenters. The first-order valence-corrected chi connectivity index (χ1v) is 7.14. The lowest BCUT2D eigenvalue weighted by atomic mass is 10.1. The van der Waals surface area contributed by atoms with Crippen LogP contribution in [0.3, 0.4) is 0 Å². The van der Waals surface area contributed by atoms with E-state index in [0.717, 1.165) is 50.0 Å². The van der Waals surface area contributed by atoms with Gasteiger partial charge in [-0.3, -0.25) is 9.48 Å². The monoisotopic (exact) mass is 264 g/mol. The summed E-state index contributed by atoms with van der Waals surface area (Å²) in [6.45, 7) is 4.09. The van der Waals surface area contributed by atoms with Gasteiger partial charge in [0.15, 0.2) is 0 Å². The molecule has 0 saturated carbocycles. The van der Waals surface area contributed by atoms with Crippen molar-refractivity contribution >= 4 is 5.91 Å². The van der Waals surface area contributed by atoms with Gasteiger partial charge in [0.1, 0.15) is 0 Å². The summed E-state index contributed by atoms with van der Waals surface area (Å²) in [5, 5.41) is 7.74. The molecule has 106 valence electrons. The smallest absolute Gasteiger partial charge is 0.257 e. The Balaban J connectivity index is 2.13. The van der Waals surface area contributed by atoms with Crippen molar-refractivity contribution in [2.45, 2.75) is 38.6 Å². The summed E-state index contributed by atoms with van der Waals surface area (Å²) in [6.07, 6.45) is 5.88. The van der Waals surface area contributed by atoms with Crippen molar-refractivity contribution in [3.05, 3.63) is 17.5 Å². The molecule has 1 amide bonds. The molecule has 2 rings (SSSR count). The third-order valence-electron chi connectivity index (χ3n) is 3.88. The van der Waals surface area contributed by atoms with Crippen LogP contribution >= 0.6 is 0 Å². The minimum Gasteiger partial charge on any atom is -0.339 e. The average molecular weight is 264 g/mol. The summed E-state index contributed by atoms with van der Waals surface area (Å²) in [7, 11) is 3.79.